The van der Waals surface area contributed by atoms with Gasteiger partial charge >= 0.3 is 0 Å². The van der Waals surface area contributed by atoms with E-state index in [-0.39, 0.29) is 16.8 Å². The zero-order chi connectivity index (χ0) is 15.1. The van der Waals surface area contributed by atoms with Gasteiger partial charge in [0.1, 0.15) is 10.8 Å². The zero-order valence-corrected chi connectivity index (χ0v) is 12.7. The van der Waals surface area contributed by atoms with E-state index in [1.54, 1.807) is 0 Å². The topological polar surface area (TPSA) is 54.9 Å². The highest BCUT2D eigenvalue weighted by atomic mass is 35.5. The largest absolute Gasteiger partial charge is 0.321 e. The Hall–Kier alpha value is -1.94. The van der Waals surface area contributed by atoms with Gasteiger partial charge in [-0.15, -0.1) is 0 Å². The summed E-state index contributed by atoms with van der Waals surface area (Å²) >= 11 is 5.64. The van der Waals surface area contributed by atoms with Crippen molar-refractivity contribution in [2.75, 3.05) is 5.32 Å². The predicted molar refractivity (Wildman–Crippen MR) is 84.7 cm³/mol. The standard InChI is InChI=1S/C16H18ClN3O/c1-2-3-4-5-12-6-8-13(9-7-12)20-16(21)14-10-19-15(17)11-18-14/h6-11H,2-5H2,1H3,(H,20,21). The molecule has 1 aromatic heterocycles. The van der Waals surface area contributed by atoms with Crippen LogP contribution in [0.3, 0.4) is 0 Å². The molecule has 21 heavy (non-hydrogen) atoms. The molecule has 0 radical (unpaired) electrons. The van der Waals surface area contributed by atoms with Crippen molar-refractivity contribution in [3.63, 3.8) is 0 Å². The van der Waals surface area contributed by atoms with Gasteiger partial charge in [0.05, 0.1) is 12.4 Å². The summed E-state index contributed by atoms with van der Waals surface area (Å²) in [5, 5.41) is 3.05. The number of rotatable bonds is 6. The number of anilines is 1. The summed E-state index contributed by atoms with van der Waals surface area (Å²) < 4.78 is 0. The highest BCUT2D eigenvalue weighted by Crippen LogP contribution is 2.13. The van der Waals surface area contributed by atoms with Gasteiger partial charge in [0.15, 0.2) is 0 Å². The third-order valence-corrected chi connectivity index (χ3v) is 3.33. The number of aromatic nitrogens is 2. The second-order valence-corrected chi connectivity index (χ2v) is 5.22. The molecule has 0 aliphatic rings. The van der Waals surface area contributed by atoms with Gasteiger partial charge in [0.2, 0.25) is 0 Å². The fourth-order valence-corrected chi connectivity index (χ4v) is 2.06. The van der Waals surface area contributed by atoms with E-state index in [9.17, 15) is 4.79 Å². The van der Waals surface area contributed by atoms with E-state index in [2.05, 4.69) is 22.2 Å². The second-order valence-electron chi connectivity index (χ2n) is 4.83. The van der Waals surface area contributed by atoms with Crippen molar-refractivity contribution in [2.24, 2.45) is 0 Å². The molecule has 4 nitrogen and oxygen atoms in total. The van der Waals surface area contributed by atoms with Crippen LogP contribution in [-0.2, 0) is 6.42 Å². The number of nitrogens with zero attached hydrogens (tertiary/aromatic N) is 2. The van der Waals surface area contributed by atoms with E-state index < -0.39 is 0 Å². The van der Waals surface area contributed by atoms with Crippen molar-refractivity contribution < 1.29 is 4.79 Å². The monoisotopic (exact) mass is 303 g/mol. The Morgan fingerprint density at radius 3 is 2.52 bits per heavy atom. The lowest BCUT2D eigenvalue weighted by molar-refractivity contribution is 0.102. The second kappa shape index (κ2) is 7.74. The molecule has 0 bridgehead atoms. The van der Waals surface area contributed by atoms with Gasteiger partial charge < -0.3 is 5.32 Å². The maximum absolute atomic E-state index is 12.0. The molecule has 0 saturated carbocycles. The van der Waals surface area contributed by atoms with Crippen molar-refractivity contribution in [3.8, 4) is 0 Å². The van der Waals surface area contributed by atoms with Crippen LogP contribution in [0.4, 0.5) is 5.69 Å². The zero-order valence-electron chi connectivity index (χ0n) is 12.0. The first-order valence-electron chi connectivity index (χ1n) is 7.07. The summed E-state index contributed by atoms with van der Waals surface area (Å²) in [6.07, 6.45) is 7.45. The maximum Gasteiger partial charge on any atom is 0.275 e. The van der Waals surface area contributed by atoms with E-state index in [4.69, 9.17) is 11.6 Å². The number of amides is 1. The van der Waals surface area contributed by atoms with Gasteiger partial charge in [0, 0.05) is 5.69 Å². The molecule has 0 saturated heterocycles. The lowest BCUT2D eigenvalue weighted by Gasteiger charge is -2.06. The lowest BCUT2D eigenvalue weighted by Crippen LogP contribution is -2.13. The molecule has 5 heteroatoms. The van der Waals surface area contributed by atoms with E-state index >= 15 is 0 Å². The number of unbranched alkanes of at least 4 members (excludes halogenated alkanes) is 2. The van der Waals surface area contributed by atoms with Crippen LogP contribution in [0, 0.1) is 0 Å². The molecule has 0 aliphatic heterocycles. The van der Waals surface area contributed by atoms with E-state index in [0.29, 0.717) is 0 Å². The molecular weight excluding hydrogens is 286 g/mol. The number of benzene rings is 1. The lowest BCUT2D eigenvalue weighted by atomic mass is 10.1. The Labute approximate surface area is 129 Å². The van der Waals surface area contributed by atoms with Crippen LogP contribution in [-0.4, -0.2) is 15.9 Å². The predicted octanol–water partition coefficient (Wildman–Crippen LogP) is 4.12. The van der Waals surface area contributed by atoms with Gasteiger partial charge in [-0.3, -0.25) is 4.79 Å². The minimum atomic E-state index is -0.294. The summed E-state index contributed by atoms with van der Waals surface area (Å²) in [6.45, 7) is 2.19. The summed E-state index contributed by atoms with van der Waals surface area (Å²) in [4.78, 5) is 19.7. The van der Waals surface area contributed by atoms with Crippen molar-refractivity contribution in [2.45, 2.75) is 32.6 Å². The highest BCUT2D eigenvalue weighted by molar-refractivity contribution is 6.29. The molecule has 0 unspecified atom stereocenters. The van der Waals surface area contributed by atoms with Crippen LogP contribution < -0.4 is 5.32 Å². The summed E-state index contributed by atoms with van der Waals surface area (Å²) in [7, 11) is 0. The first kappa shape index (κ1) is 15.4. The van der Waals surface area contributed by atoms with Crippen LogP contribution in [0.5, 0.6) is 0 Å². The van der Waals surface area contributed by atoms with Crippen molar-refractivity contribution in [1.82, 2.24) is 9.97 Å². The van der Waals surface area contributed by atoms with Crippen LogP contribution in [0.25, 0.3) is 0 Å². The van der Waals surface area contributed by atoms with Crippen molar-refractivity contribution >= 4 is 23.2 Å². The van der Waals surface area contributed by atoms with Gasteiger partial charge in [-0.2, -0.15) is 0 Å². The molecule has 1 heterocycles. The molecule has 0 aliphatic carbocycles. The van der Waals surface area contributed by atoms with E-state index in [1.807, 2.05) is 24.3 Å². The van der Waals surface area contributed by atoms with Crippen LogP contribution in [0.2, 0.25) is 5.15 Å². The van der Waals surface area contributed by atoms with Crippen LogP contribution in [0.15, 0.2) is 36.7 Å². The highest BCUT2D eigenvalue weighted by Gasteiger charge is 2.08. The van der Waals surface area contributed by atoms with Crippen LogP contribution in [0.1, 0.15) is 42.2 Å². The number of halogens is 1. The van der Waals surface area contributed by atoms with Crippen LogP contribution >= 0.6 is 11.6 Å². The summed E-state index contributed by atoms with van der Waals surface area (Å²) in [5.74, 6) is -0.294. The summed E-state index contributed by atoms with van der Waals surface area (Å²) in [5.41, 5.74) is 2.27. The number of hydrogen-bond donors (Lipinski definition) is 1. The normalized spacial score (nSPS) is 10.4. The number of nitrogens with one attached hydrogen (secondary N) is 1. The minimum absolute atomic E-state index is 0.242. The van der Waals surface area contributed by atoms with Gasteiger partial charge in [-0.1, -0.05) is 43.5 Å². The Balaban J connectivity index is 1.93. The van der Waals surface area contributed by atoms with E-state index in [1.165, 1.54) is 37.2 Å². The average Bonchev–Trinajstić information content (AvgIpc) is 2.50. The van der Waals surface area contributed by atoms with E-state index in [0.717, 1.165) is 12.1 Å². The first-order chi connectivity index (χ1) is 10.2. The van der Waals surface area contributed by atoms with Crippen molar-refractivity contribution in [3.05, 3.63) is 53.1 Å². The summed E-state index contributed by atoms with van der Waals surface area (Å²) in [6, 6.07) is 7.89. The molecule has 2 rings (SSSR count). The van der Waals surface area contributed by atoms with Gasteiger partial charge in [0.25, 0.3) is 5.91 Å². The number of carbonyl (C=O) groups is 1. The molecule has 1 aromatic carbocycles. The molecule has 110 valence electrons. The number of aryl methyl sites for hydroxylation is 1. The average molecular weight is 304 g/mol. The fraction of sp³-hybridized carbons (Fsp3) is 0.312. The molecule has 1 N–H and O–H groups in total. The third-order valence-electron chi connectivity index (χ3n) is 3.13. The van der Waals surface area contributed by atoms with Crippen molar-refractivity contribution in [1.29, 1.82) is 0 Å². The SMILES string of the molecule is CCCCCc1ccc(NC(=O)c2cnc(Cl)cn2)cc1. The molecule has 0 spiro atoms. The molecule has 1 amide bonds. The molecule has 2 aromatic rings. The molecule has 0 fully saturated rings. The first-order valence-corrected chi connectivity index (χ1v) is 7.44. The fourth-order valence-electron chi connectivity index (χ4n) is 1.96. The van der Waals surface area contributed by atoms with Gasteiger partial charge in [-0.25, -0.2) is 9.97 Å². The number of hydrogen-bond acceptors (Lipinski definition) is 3. The maximum atomic E-state index is 12.0. The smallest absolute Gasteiger partial charge is 0.275 e. The molecule has 0 atom stereocenters. The quantitative estimate of drug-likeness (QED) is 0.817. The third kappa shape index (κ3) is 4.83. The molecular formula is C16H18ClN3O. The Morgan fingerprint density at radius 1 is 1.14 bits per heavy atom. The Morgan fingerprint density at radius 2 is 1.90 bits per heavy atom. The minimum Gasteiger partial charge on any atom is -0.321 e. The Bertz CT molecular complexity index is 581. The Kier molecular flexibility index (Phi) is 5.69. The van der Waals surface area contributed by atoms with Gasteiger partial charge in [-0.05, 0) is 30.5 Å². The number of carbonyl (C=O) groups excluding carboxylic acids is 1.